The lowest BCUT2D eigenvalue weighted by Crippen LogP contribution is -2.21. The average Bonchev–Trinajstić information content (AvgIpc) is 2.30. The van der Waals surface area contributed by atoms with Crippen LogP contribution in [0.2, 0.25) is 0 Å². The first kappa shape index (κ1) is 11.6. The Kier molecular flexibility index (Phi) is 3.93. The molecular formula is C12H15BrN2O. The highest BCUT2D eigenvalue weighted by molar-refractivity contribution is 9.10. The van der Waals surface area contributed by atoms with Crippen LogP contribution in [0.5, 0.6) is 5.88 Å². The Bertz CT molecular complexity index is 381. The summed E-state index contributed by atoms with van der Waals surface area (Å²) in [5.74, 6) is 1.91. The molecule has 2 unspecified atom stereocenters. The number of halogens is 1. The van der Waals surface area contributed by atoms with Gasteiger partial charge in [0.05, 0.1) is 11.1 Å². The molecule has 0 fully saturated rings. The van der Waals surface area contributed by atoms with Gasteiger partial charge in [0.2, 0.25) is 5.88 Å². The SMILES string of the molecule is CC1CC=CCC1COc1ncncc1Br. The van der Waals surface area contributed by atoms with Crippen LogP contribution in [0, 0.1) is 11.8 Å². The summed E-state index contributed by atoms with van der Waals surface area (Å²) in [6.07, 6.45) is 9.95. The minimum absolute atomic E-state index is 0.590. The molecule has 16 heavy (non-hydrogen) atoms. The highest BCUT2D eigenvalue weighted by Gasteiger charge is 2.19. The topological polar surface area (TPSA) is 35.0 Å². The first-order valence-corrected chi connectivity index (χ1v) is 6.30. The third-order valence-electron chi connectivity index (χ3n) is 2.99. The van der Waals surface area contributed by atoms with Gasteiger partial charge in [-0.05, 0) is 40.6 Å². The summed E-state index contributed by atoms with van der Waals surface area (Å²) in [5, 5.41) is 0. The molecule has 3 nitrogen and oxygen atoms in total. The fourth-order valence-corrected chi connectivity index (χ4v) is 2.17. The van der Waals surface area contributed by atoms with Crippen molar-refractivity contribution in [3.8, 4) is 5.88 Å². The number of nitrogens with zero attached hydrogens (tertiary/aromatic N) is 2. The Labute approximate surface area is 104 Å². The molecule has 0 radical (unpaired) electrons. The molecule has 1 heterocycles. The van der Waals surface area contributed by atoms with E-state index in [1.807, 2.05) is 0 Å². The number of ether oxygens (including phenoxy) is 1. The number of hydrogen-bond acceptors (Lipinski definition) is 3. The molecule has 1 aliphatic carbocycles. The predicted molar refractivity (Wildman–Crippen MR) is 66.3 cm³/mol. The predicted octanol–water partition coefficient (Wildman–Crippen LogP) is 3.22. The van der Waals surface area contributed by atoms with Crippen LogP contribution < -0.4 is 4.74 Å². The monoisotopic (exact) mass is 282 g/mol. The molecule has 1 aromatic rings. The Morgan fingerprint density at radius 2 is 2.25 bits per heavy atom. The third kappa shape index (κ3) is 2.82. The maximum atomic E-state index is 5.71. The smallest absolute Gasteiger partial charge is 0.231 e. The Morgan fingerprint density at radius 1 is 1.44 bits per heavy atom. The first-order chi connectivity index (χ1) is 7.77. The van der Waals surface area contributed by atoms with Crippen LogP contribution in [0.3, 0.4) is 0 Å². The third-order valence-corrected chi connectivity index (χ3v) is 3.53. The van der Waals surface area contributed by atoms with Crippen LogP contribution in [0.4, 0.5) is 0 Å². The molecule has 0 aliphatic heterocycles. The lowest BCUT2D eigenvalue weighted by molar-refractivity contribution is 0.191. The zero-order chi connectivity index (χ0) is 11.4. The lowest BCUT2D eigenvalue weighted by Gasteiger charge is -2.24. The minimum Gasteiger partial charge on any atom is -0.476 e. The van der Waals surface area contributed by atoms with Crippen molar-refractivity contribution < 1.29 is 4.74 Å². The van der Waals surface area contributed by atoms with E-state index in [4.69, 9.17) is 4.74 Å². The molecule has 0 bridgehead atoms. The van der Waals surface area contributed by atoms with Gasteiger partial charge in [-0.15, -0.1) is 0 Å². The number of rotatable bonds is 3. The van der Waals surface area contributed by atoms with E-state index in [0.717, 1.165) is 23.9 Å². The summed E-state index contributed by atoms with van der Waals surface area (Å²) in [6.45, 7) is 2.99. The van der Waals surface area contributed by atoms with Gasteiger partial charge in [-0.25, -0.2) is 9.97 Å². The van der Waals surface area contributed by atoms with Crippen LogP contribution in [0.15, 0.2) is 29.1 Å². The van der Waals surface area contributed by atoms with Crippen molar-refractivity contribution in [1.29, 1.82) is 0 Å². The second kappa shape index (κ2) is 5.43. The van der Waals surface area contributed by atoms with E-state index < -0.39 is 0 Å². The van der Waals surface area contributed by atoms with Gasteiger partial charge in [0.1, 0.15) is 6.33 Å². The largest absolute Gasteiger partial charge is 0.476 e. The van der Waals surface area contributed by atoms with Crippen molar-refractivity contribution in [3.05, 3.63) is 29.1 Å². The summed E-state index contributed by atoms with van der Waals surface area (Å²) in [7, 11) is 0. The van der Waals surface area contributed by atoms with Crippen LogP contribution >= 0.6 is 15.9 Å². The zero-order valence-corrected chi connectivity index (χ0v) is 10.9. The van der Waals surface area contributed by atoms with Crippen molar-refractivity contribution in [2.75, 3.05) is 6.61 Å². The van der Waals surface area contributed by atoms with Crippen molar-refractivity contribution in [1.82, 2.24) is 9.97 Å². The summed E-state index contributed by atoms with van der Waals surface area (Å²) < 4.78 is 6.53. The molecule has 4 heteroatoms. The van der Waals surface area contributed by atoms with E-state index in [-0.39, 0.29) is 0 Å². The zero-order valence-electron chi connectivity index (χ0n) is 9.27. The van der Waals surface area contributed by atoms with E-state index in [0.29, 0.717) is 17.7 Å². The molecule has 0 saturated carbocycles. The summed E-state index contributed by atoms with van der Waals surface area (Å²) in [6, 6.07) is 0. The highest BCUT2D eigenvalue weighted by Crippen LogP contribution is 2.27. The molecule has 0 saturated heterocycles. The number of aromatic nitrogens is 2. The molecule has 86 valence electrons. The molecule has 0 amide bonds. The fraction of sp³-hybridized carbons (Fsp3) is 0.500. The van der Waals surface area contributed by atoms with Crippen LogP contribution in [0.1, 0.15) is 19.8 Å². The van der Waals surface area contributed by atoms with Crippen molar-refractivity contribution in [2.24, 2.45) is 11.8 Å². The second-order valence-electron chi connectivity index (χ2n) is 4.17. The van der Waals surface area contributed by atoms with E-state index >= 15 is 0 Å². The van der Waals surface area contributed by atoms with E-state index in [2.05, 4.69) is 45.0 Å². The highest BCUT2D eigenvalue weighted by atomic mass is 79.9. The van der Waals surface area contributed by atoms with Crippen LogP contribution in [-0.4, -0.2) is 16.6 Å². The van der Waals surface area contributed by atoms with Crippen LogP contribution in [0.25, 0.3) is 0 Å². The van der Waals surface area contributed by atoms with Crippen molar-refractivity contribution in [3.63, 3.8) is 0 Å². The second-order valence-corrected chi connectivity index (χ2v) is 5.02. The molecular weight excluding hydrogens is 268 g/mol. The van der Waals surface area contributed by atoms with Gasteiger partial charge in [0.25, 0.3) is 0 Å². The Morgan fingerprint density at radius 3 is 3.00 bits per heavy atom. The van der Waals surface area contributed by atoms with Crippen molar-refractivity contribution in [2.45, 2.75) is 19.8 Å². The lowest BCUT2D eigenvalue weighted by atomic mass is 9.85. The van der Waals surface area contributed by atoms with Gasteiger partial charge in [-0.3, -0.25) is 0 Å². The van der Waals surface area contributed by atoms with Gasteiger partial charge in [0, 0.05) is 6.20 Å². The van der Waals surface area contributed by atoms with Crippen LogP contribution in [-0.2, 0) is 0 Å². The van der Waals surface area contributed by atoms with Gasteiger partial charge in [-0.1, -0.05) is 19.1 Å². The quantitative estimate of drug-likeness (QED) is 0.799. The van der Waals surface area contributed by atoms with E-state index in [1.54, 1.807) is 6.20 Å². The van der Waals surface area contributed by atoms with Crippen molar-refractivity contribution >= 4 is 15.9 Å². The summed E-state index contributed by atoms with van der Waals surface area (Å²) in [5.41, 5.74) is 0. The Hall–Kier alpha value is -0.900. The average molecular weight is 283 g/mol. The normalized spacial score (nSPS) is 24.4. The summed E-state index contributed by atoms with van der Waals surface area (Å²) in [4.78, 5) is 7.99. The molecule has 2 atom stereocenters. The fourth-order valence-electron chi connectivity index (χ4n) is 1.83. The number of hydrogen-bond donors (Lipinski definition) is 0. The molecule has 0 aromatic carbocycles. The summed E-state index contributed by atoms with van der Waals surface area (Å²) >= 11 is 3.37. The standard InChI is InChI=1S/C12H15BrN2O/c1-9-4-2-3-5-10(9)7-16-12-11(13)6-14-8-15-12/h2-3,6,8-10H,4-5,7H2,1H3. The van der Waals surface area contributed by atoms with E-state index in [9.17, 15) is 0 Å². The maximum Gasteiger partial charge on any atom is 0.231 e. The van der Waals surface area contributed by atoms with Gasteiger partial charge >= 0.3 is 0 Å². The first-order valence-electron chi connectivity index (χ1n) is 5.50. The molecule has 0 spiro atoms. The minimum atomic E-state index is 0.590. The van der Waals surface area contributed by atoms with Gasteiger partial charge in [0.15, 0.2) is 0 Å². The Balaban J connectivity index is 1.92. The molecule has 2 rings (SSSR count). The maximum absolute atomic E-state index is 5.71. The molecule has 0 N–H and O–H groups in total. The molecule has 1 aliphatic rings. The molecule has 1 aromatic heterocycles. The number of allylic oxidation sites excluding steroid dienone is 2. The van der Waals surface area contributed by atoms with Gasteiger partial charge < -0.3 is 4.74 Å². The van der Waals surface area contributed by atoms with E-state index in [1.165, 1.54) is 6.33 Å². The van der Waals surface area contributed by atoms with Gasteiger partial charge in [-0.2, -0.15) is 0 Å².